The van der Waals surface area contributed by atoms with Gasteiger partial charge in [-0.1, -0.05) is 28.1 Å². The summed E-state index contributed by atoms with van der Waals surface area (Å²) in [5.41, 5.74) is 0.906. The first kappa shape index (κ1) is 9.71. The third kappa shape index (κ3) is 2.30. The minimum absolute atomic E-state index is 0.516. The largest absolute Gasteiger partial charge is 0.374 e. The Hall–Kier alpha value is -0.380. The molecule has 0 aliphatic rings. The van der Waals surface area contributed by atoms with E-state index in [9.17, 15) is 5.11 Å². The maximum absolute atomic E-state index is 9.60. The fourth-order valence-corrected chi connectivity index (χ4v) is 1.20. The molecule has 1 aromatic rings. The van der Waals surface area contributed by atoms with Gasteiger partial charge in [0.15, 0.2) is 0 Å². The van der Waals surface area contributed by atoms with Crippen LogP contribution in [0.2, 0.25) is 0 Å². The maximum atomic E-state index is 9.60. The highest BCUT2D eigenvalue weighted by Gasteiger charge is 2.07. The summed E-state index contributed by atoms with van der Waals surface area (Å²) in [5.74, 6) is 0. The summed E-state index contributed by atoms with van der Waals surface area (Å²) in [6.45, 7) is 0. The Morgan fingerprint density at radius 2 is 1.75 bits per heavy atom. The Kier molecular flexibility index (Phi) is 3.26. The lowest BCUT2D eigenvalue weighted by Gasteiger charge is -2.18. The Labute approximate surface area is 80.9 Å². The summed E-state index contributed by atoms with van der Waals surface area (Å²) in [6.07, 6.45) is -0.516. The second-order valence-corrected chi connectivity index (χ2v) is 3.80. The molecule has 3 heteroatoms. The molecule has 12 heavy (non-hydrogen) atoms. The van der Waals surface area contributed by atoms with Crippen LogP contribution in [0, 0.1) is 0 Å². The molecule has 1 aromatic carbocycles. The normalized spacial score (nSPS) is 13.4. The van der Waals surface area contributed by atoms with E-state index in [0.29, 0.717) is 0 Å². The van der Waals surface area contributed by atoms with Crippen LogP contribution in [0.25, 0.3) is 0 Å². The van der Waals surface area contributed by atoms with Crippen molar-refractivity contribution in [3.63, 3.8) is 0 Å². The fraction of sp³-hybridized carbons (Fsp3) is 0.333. The van der Waals surface area contributed by atoms with E-state index in [1.54, 1.807) is 4.90 Å². The Balaban J connectivity index is 2.82. The van der Waals surface area contributed by atoms with Crippen molar-refractivity contribution in [1.82, 2.24) is 4.90 Å². The molecule has 1 N–H and O–H groups in total. The van der Waals surface area contributed by atoms with Crippen molar-refractivity contribution in [1.29, 1.82) is 0 Å². The van der Waals surface area contributed by atoms with Crippen LogP contribution in [-0.2, 0) is 0 Å². The van der Waals surface area contributed by atoms with Gasteiger partial charge in [0, 0.05) is 4.47 Å². The van der Waals surface area contributed by atoms with Crippen molar-refractivity contribution in [3.8, 4) is 0 Å². The van der Waals surface area contributed by atoms with Gasteiger partial charge in [-0.05, 0) is 31.8 Å². The molecule has 0 fully saturated rings. The highest BCUT2D eigenvalue weighted by molar-refractivity contribution is 9.10. The van der Waals surface area contributed by atoms with E-state index < -0.39 is 6.23 Å². The van der Waals surface area contributed by atoms with Gasteiger partial charge in [0.2, 0.25) is 0 Å². The Morgan fingerprint density at radius 1 is 1.25 bits per heavy atom. The van der Waals surface area contributed by atoms with Crippen molar-refractivity contribution < 1.29 is 5.11 Å². The molecule has 66 valence electrons. The summed E-state index contributed by atoms with van der Waals surface area (Å²) < 4.78 is 1.03. The molecule has 0 heterocycles. The molecule has 1 rings (SSSR count). The minimum atomic E-state index is -0.516. The molecule has 2 nitrogen and oxygen atoms in total. The SMILES string of the molecule is CN(C)C(O)c1ccc(Br)cc1. The first-order valence-electron chi connectivity index (χ1n) is 3.71. The topological polar surface area (TPSA) is 23.5 Å². The highest BCUT2D eigenvalue weighted by atomic mass is 79.9. The minimum Gasteiger partial charge on any atom is -0.374 e. The van der Waals surface area contributed by atoms with Gasteiger partial charge in [-0.3, -0.25) is 4.90 Å². The van der Waals surface area contributed by atoms with Gasteiger partial charge in [0.1, 0.15) is 6.23 Å². The van der Waals surface area contributed by atoms with Gasteiger partial charge < -0.3 is 5.11 Å². The average molecular weight is 230 g/mol. The van der Waals surface area contributed by atoms with Crippen molar-refractivity contribution in [2.45, 2.75) is 6.23 Å². The maximum Gasteiger partial charge on any atom is 0.133 e. The van der Waals surface area contributed by atoms with E-state index in [0.717, 1.165) is 10.0 Å². The van der Waals surface area contributed by atoms with Crippen molar-refractivity contribution >= 4 is 15.9 Å². The van der Waals surface area contributed by atoms with E-state index in [2.05, 4.69) is 15.9 Å². The number of aliphatic hydroxyl groups is 1. The number of benzene rings is 1. The van der Waals surface area contributed by atoms with Crippen molar-refractivity contribution in [2.75, 3.05) is 14.1 Å². The van der Waals surface area contributed by atoms with Gasteiger partial charge in [-0.15, -0.1) is 0 Å². The zero-order chi connectivity index (χ0) is 9.14. The molecule has 0 amide bonds. The van der Waals surface area contributed by atoms with E-state index >= 15 is 0 Å². The highest BCUT2D eigenvalue weighted by Crippen LogP contribution is 2.17. The molecule has 0 saturated carbocycles. The number of halogens is 1. The summed E-state index contributed by atoms with van der Waals surface area (Å²) in [5, 5.41) is 9.60. The third-order valence-electron chi connectivity index (χ3n) is 1.66. The number of hydrogen-bond donors (Lipinski definition) is 1. The number of nitrogens with zero attached hydrogens (tertiary/aromatic N) is 1. The lowest BCUT2D eigenvalue weighted by Crippen LogP contribution is -2.18. The van der Waals surface area contributed by atoms with Crippen LogP contribution >= 0.6 is 15.9 Å². The summed E-state index contributed by atoms with van der Waals surface area (Å²) in [7, 11) is 3.68. The van der Waals surface area contributed by atoms with Crippen LogP contribution in [0.5, 0.6) is 0 Å². The molecule has 0 saturated heterocycles. The summed E-state index contributed by atoms with van der Waals surface area (Å²) in [6, 6.07) is 7.63. The Morgan fingerprint density at radius 3 is 2.17 bits per heavy atom. The third-order valence-corrected chi connectivity index (χ3v) is 2.19. The monoisotopic (exact) mass is 229 g/mol. The first-order chi connectivity index (χ1) is 5.61. The first-order valence-corrected chi connectivity index (χ1v) is 4.50. The molecule has 0 aliphatic heterocycles. The number of hydrogen-bond acceptors (Lipinski definition) is 2. The van der Waals surface area contributed by atoms with Crippen LogP contribution in [0.3, 0.4) is 0 Å². The molecule has 0 aromatic heterocycles. The van der Waals surface area contributed by atoms with Crippen LogP contribution in [0.15, 0.2) is 28.7 Å². The Bertz CT molecular complexity index is 245. The zero-order valence-corrected chi connectivity index (χ0v) is 8.75. The van der Waals surface area contributed by atoms with Gasteiger partial charge >= 0.3 is 0 Å². The number of rotatable bonds is 2. The molecule has 0 radical (unpaired) electrons. The van der Waals surface area contributed by atoms with Crippen LogP contribution in [0.4, 0.5) is 0 Å². The molecular weight excluding hydrogens is 218 g/mol. The molecule has 0 aliphatic carbocycles. The van der Waals surface area contributed by atoms with E-state index in [-0.39, 0.29) is 0 Å². The van der Waals surface area contributed by atoms with Gasteiger partial charge in [-0.2, -0.15) is 0 Å². The lowest BCUT2D eigenvalue weighted by atomic mass is 10.2. The smallest absolute Gasteiger partial charge is 0.133 e. The predicted octanol–water partition coefficient (Wildman–Crippen LogP) is 2.00. The van der Waals surface area contributed by atoms with Crippen LogP contribution in [-0.4, -0.2) is 24.1 Å². The fourth-order valence-electron chi connectivity index (χ4n) is 0.933. The van der Waals surface area contributed by atoms with E-state index in [4.69, 9.17) is 0 Å². The van der Waals surface area contributed by atoms with Crippen molar-refractivity contribution in [3.05, 3.63) is 34.3 Å². The lowest BCUT2D eigenvalue weighted by molar-refractivity contribution is 0.0395. The van der Waals surface area contributed by atoms with Crippen LogP contribution in [0.1, 0.15) is 11.8 Å². The van der Waals surface area contributed by atoms with Gasteiger partial charge in [0.25, 0.3) is 0 Å². The molecule has 0 spiro atoms. The standard InChI is InChI=1S/C9H12BrNO/c1-11(2)9(12)7-3-5-8(10)6-4-7/h3-6,9,12H,1-2H3. The predicted molar refractivity (Wildman–Crippen MR) is 52.8 cm³/mol. The molecular formula is C9H12BrNO. The second-order valence-electron chi connectivity index (χ2n) is 2.89. The molecule has 1 unspecified atom stereocenters. The summed E-state index contributed by atoms with van der Waals surface area (Å²) >= 11 is 3.34. The average Bonchev–Trinajstić information content (AvgIpc) is 2.04. The molecule has 0 bridgehead atoms. The number of aliphatic hydroxyl groups excluding tert-OH is 1. The van der Waals surface area contributed by atoms with Gasteiger partial charge in [0.05, 0.1) is 0 Å². The second kappa shape index (κ2) is 4.03. The quantitative estimate of drug-likeness (QED) is 0.785. The molecule has 1 atom stereocenters. The van der Waals surface area contributed by atoms with E-state index in [1.807, 2.05) is 38.4 Å². The van der Waals surface area contributed by atoms with E-state index in [1.165, 1.54) is 0 Å². The summed E-state index contributed by atoms with van der Waals surface area (Å²) in [4.78, 5) is 1.75. The van der Waals surface area contributed by atoms with Crippen LogP contribution < -0.4 is 0 Å². The van der Waals surface area contributed by atoms with Gasteiger partial charge in [-0.25, -0.2) is 0 Å². The zero-order valence-electron chi connectivity index (χ0n) is 7.16. The van der Waals surface area contributed by atoms with Crippen molar-refractivity contribution in [2.24, 2.45) is 0 Å².